The van der Waals surface area contributed by atoms with Gasteiger partial charge >= 0.3 is 0 Å². The van der Waals surface area contributed by atoms with E-state index in [-0.39, 0.29) is 29.0 Å². The maximum absolute atomic E-state index is 13.2. The average Bonchev–Trinajstić information content (AvgIpc) is 3.40. The van der Waals surface area contributed by atoms with Gasteiger partial charge in [-0.25, -0.2) is 4.98 Å². The van der Waals surface area contributed by atoms with Crippen molar-refractivity contribution in [2.75, 3.05) is 26.2 Å². The van der Waals surface area contributed by atoms with E-state index in [1.54, 1.807) is 6.92 Å². The average molecular weight is 399 g/mol. The molecule has 2 aromatic heterocycles. The summed E-state index contributed by atoms with van der Waals surface area (Å²) >= 11 is 0. The highest BCUT2D eigenvalue weighted by molar-refractivity contribution is 5.90. The van der Waals surface area contributed by atoms with Crippen LogP contribution in [0.1, 0.15) is 65.5 Å². The van der Waals surface area contributed by atoms with Crippen molar-refractivity contribution in [2.45, 2.75) is 52.9 Å². The summed E-state index contributed by atoms with van der Waals surface area (Å²) in [7, 11) is 0. The molecule has 9 nitrogen and oxygen atoms in total. The summed E-state index contributed by atoms with van der Waals surface area (Å²) in [5.74, 6) is 0.654. The number of piperidine rings is 1. The SMILES string of the molecule is Cc1nc(C(=O)N2CCCC3(CCN(C(=O)C(C)c4c(C)n[nH]c4C)C3)C2)n[nH]1. The fourth-order valence-corrected chi connectivity index (χ4v) is 5.01. The van der Waals surface area contributed by atoms with E-state index in [4.69, 9.17) is 0 Å². The Hall–Kier alpha value is -2.71. The summed E-state index contributed by atoms with van der Waals surface area (Å²) in [5.41, 5.74) is 2.80. The highest BCUT2D eigenvalue weighted by atomic mass is 16.2. The molecule has 2 aliphatic heterocycles. The van der Waals surface area contributed by atoms with Crippen LogP contribution in [0.5, 0.6) is 0 Å². The predicted molar refractivity (Wildman–Crippen MR) is 106 cm³/mol. The quantitative estimate of drug-likeness (QED) is 0.816. The van der Waals surface area contributed by atoms with Crippen molar-refractivity contribution in [3.8, 4) is 0 Å². The van der Waals surface area contributed by atoms with Crippen LogP contribution in [-0.4, -0.2) is 73.2 Å². The number of nitrogens with one attached hydrogen (secondary N) is 2. The van der Waals surface area contributed by atoms with Gasteiger partial charge in [-0.05, 0) is 47.0 Å². The number of aromatic nitrogens is 5. The van der Waals surface area contributed by atoms with Gasteiger partial charge in [0.25, 0.3) is 5.91 Å². The zero-order valence-electron chi connectivity index (χ0n) is 17.6. The molecule has 29 heavy (non-hydrogen) atoms. The van der Waals surface area contributed by atoms with Gasteiger partial charge in [-0.1, -0.05) is 0 Å². The van der Waals surface area contributed by atoms with Crippen LogP contribution in [0.2, 0.25) is 0 Å². The molecule has 2 unspecified atom stereocenters. The molecule has 2 atom stereocenters. The molecule has 0 aliphatic carbocycles. The third kappa shape index (κ3) is 3.54. The summed E-state index contributed by atoms with van der Waals surface area (Å²) in [6, 6.07) is 0. The summed E-state index contributed by atoms with van der Waals surface area (Å²) < 4.78 is 0. The number of aryl methyl sites for hydroxylation is 3. The van der Waals surface area contributed by atoms with Crippen molar-refractivity contribution in [3.05, 3.63) is 28.6 Å². The van der Waals surface area contributed by atoms with E-state index in [1.165, 1.54) is 0 Å². The second-order valence-electron chi connectivity index (χ2n) is 8.65. The normalized spacial score (nSPS) is 23.0. The van der Waals surface area contributed by atoms with E-state index < -0.39 is 0 Å². The van der Waals surface area contributed by atoms with E-state index in [0.717, 1.165) is 42.8 Å². The zero-order valence-corrected chi connectivity index (χ0v) is 17.6. The van der Waals surface area contributed by atoms with Crippen molar-refractivity contribution < 1.29 is 9.59 Å². The molecule has 2 aromatic rings. The number of rotatable bonds is 3. The first-order valence-corrected chi connectivity index (χ1v) is 10.3. The Labute approximate surface area is 170 Å². The number of hydrogen-bond acceptors (Lipinski definition) is 5. The van der Waals surface area contributed by atoms with Gasteiger partial charge in [0.1, 0.15) is 5.82 Å². The predicted octanol–water partition coefficient (Wildman–Crippen LogP) is 1.71. The Kier molecular flexibility index (Phi) is 4.92. The van der Waals surface area contributed by atoms with E-state index in [0.29, 0.717) is 25.5 Å². The number of amides is 2. The van der Waals surface area contributed by atoms with E-state index in [2.05, 4.69) is 25.4 Å². The van der Waals surface area contributed by atoms with Crippen LogP contribution in [0.3, 0.4) is 0 Å². The molecule has 2 saturated heterocycles. The molecule has 0 aromatic carbocycles. The number of carbonyl (C=O) groups excluding carboxylic acids is 2. The first kappa shape index (κ1) is 19.6. The third-order valence-electron chi connectivity index (χ3n) is 6.48. The van der Waals surface area contributed by atoms with E-state index in [1.807, 2.05) is 30.6 Å². The van der Waals surface area contributed by atoms with Crippen LogP contribution >= 0.6 is 0 Å². The first-order valence-electron chi connectivity index (χ1n) is 10.3. The van der Waals surface area contributed by atoms with Crippen molar-refractivity contribution in [1.29, 1.82) is 0 Å². The zero-order chi connectivity index (χ0) is 20.8. The van der Waals surface area contributed by atoms with Gasteiger partial charge in [0.15, 0.2) is 0 Å². The molecular formula is C20H29N7O2. The third-order valence-corrected chi connectivity index (χ3v) is 6.48. The minimum Gasteiger partial charge on any atom is -0.342 e. The minimum atomic E-state index is -0.221. The van der Waals surface area contributed by atoms with Crippen molar-refractivity contribution in [2.24, 2.45) is 5.41 Å². The summed E-state index contributed by atoms with van der Waals surface area (Å²) in [5, 5.41) is 14.0. The van der Waals surface area contributed by atoms with E-state index in [9.17, 15) is 9.59 Å². The fraction of sp³-hybridized carbons (Fsp3) is 0.650. The molecular weight excluding hydrogens is 370 g/mol. The molecule has 9 heteroatoms. The molecule has 2 aliphatic rings. The van der Waals surface area contributed by atoms with Crippen LogP contribution in [0.25, 0.3) is 0 Å². The fourth-order valence-electron chi connectivity index (χ4n) is 5.01. The van der Waals surface area contributed by atoms with Gasteiger partial charge in [-0.3, -0.25) is 19.8 Å². The maximum atomic E-state index is 13.2. The molecule has 1 spiro atoms. The lowest BCUT2D eigenvalue weighted by atomic mass is 9.79. The maximum Gasteiger partial charge on any atom is 0.293 e. The van der Waals surface area contributed by atoms with Crippen LogP contribution in [0.4, 0.5) is 0 Å². The Bertz CT molecular complexity index is 914. The molecule has 0 radical (unpaired) electrons. The lowest BCUT2D eigenvalue weighted by molar-refractivity contribution is -0.132. The standard InChI is InChI=1S/C20H29N7O2/c1-12(16-13(2)22-23-14(16)3)18(28)27-9-7-20(11-27)6-5-8-26(10-20)19(29)17-21-15(4)24-25-17/h12H,5-11H2,1-4H3,(H,22,23)(H,21,24,25). The topological polar surface area (TPSA) is 111 Å². The lowest BCUT2D eigenvalue weighted by Crippen LogP contribution is -2.48. The number of likely N-dealkylation sites (tertiary alicyclic amines) is 2. The lowest BCUT2D eigenvalue weighted by Gasteiger charge is -2.40. The van der Waals surface area contributed by atoms with Gasteiger partial charge < -0.3 is 9.80 Å². The molecule has 0 saturated carbocycles. The van der Waals surface area contributed by atoms with Crippen molar-refractivity contribution in [1.82, 2.24) is 35.2 Å². The molecule has 4 rings (SSSR count). The van der Waals surface area contributed by atoms with Crippen LogP contribution in [0, 0.1) is 26.2 Å². The van der Waals surface area contributed by atoms with Crippen LogP contribution < -0.4 is 0 Å². The van der Waals surface area contributed by atoms with Gasteiger partial charge in [-0.2, -0.15) is 5.10 Å². The van der Waals surface area contributed by atoms with E-state index >= 15 is 0 Å². The number of aromatic amines is 2. The Morgan fingerprint density at radius 2 is 1.79 bits per heavy atom. The molecule has 2 amide bonds. The second kappa shape index (κ2) is 7.27. The van der Waals surface area contributed by atoms with Gasteiger partial charge in [0.05, 0.1) is 11.6 Å². The molecule has 2 fully saturated rings. The Morgan fingerprint density at radius 1 is 1.03 bits per heavy atom. The monoisotopic (exact) mass is 399 g/mol. The number of carbonyl (C=O) groups is 2. The van der Waals surface area contributed by atoms with Gasteiger partial charge in [0.2, 0.25) is 11.7 Å². The first-order chi connectivity index (χ1) is 13.8. The van der Waals surface area contributed by atoms with Crippen LogP contribution in [0.15, 0.2) is 0 Å². The van der Waals surface area contributed by atoms with Crippen molar-refractivity contribution >= 4 is 11.8 Å². The summed E-state index contributed by atoms with van der Waals surface area (Å²) in [6.45, 7) is 10.4. The molecule has 156 valence electrons. The van der Waals surface area contributed by atoms with Gasteiger partial charge in [0, 0.05) is 42.9 Å². The molecule has 4 heterocycles. The number of nitrogens with zero attached hydrogens (tertiary/aromatic N) is 5. The van der Waals surface area contributed by atoms with Crippen LogP contribution in [-0.2, 0) is 4.79 Å². The summed E-state index contributed by atoms with van der Waals surface area (Å²) in [4.78, 5) is 34.0. The van der Waals surface area contributed by atoms with Gasteiger partial charge in [-0.15, -0.1) is 5.10 Å². The highest BCUT2D eigenvalue weighted by Crippen LogP contribution is 2.40. The highest BCUT2D eigenvalue weighted by Gasteiger charge is 2.45. The largest absolute Gasteiger partial charge is 0.342 e. The Morgan fingerprint density at radius 3 is 2.45 bits per heavy atom. The number of H-pyrrole nitrogens is 2. The molecule has 2 N–H and O–H groups in total. The smallest absolute Gasteiger partial charge is 0.293 e. The number of hydrogen-bond donors (Lipinski definition) is 2. The summed E-state index contributed by atoms with van der Waals surface area (Å²) in [6.07, 6.45) is 2.89. The molecule has 0 bridgehead atoms. The minimum absolute atomic E-state index is 0.0326. The Balaban J connectivity index is 1.45. The van der Waals surface area contributed by atoms with Crippen molar-refractivity contribution in [3.63, 3.8) is 0 Å². The second-order valence-corrected chi connectivity index (χ2v) is 8.65.